The minimum Gasteiger partial charge on any atom is -0.457 e. The summed E-state index contributed by atoms with van der Waals surface area (Å²) in [5.74, 6) is -1.85. The molecule has 0 amide bonds. The van der Waals surface area contributed by atoms with E-state index >= 15 is 0 Å². The van der Waals surface area contributed by atoms with E-state index in [1.807, 2.05) is 0 Å². The molecule has 1 heterocycles. The Hall–Kier alpha value is -2.03. The number of fused-ring (bicyclic) bond motifs is 1. The first kappa shape index (κ1) is 15.9. The second kappa shape index (κ2) is 5.26. The third kappa shape index (κ3) is 2.39. The van der Waals surface area contributed by atoms with Crippen LogP contribution in [0.15, 0.2) is 35.2 Å². The summed E-state index contributed by atoms with van der Waals surface area (Å²) in [6.07, 6.45) is -1.26. The molecule has 1 N–H and O–H groups in total. The van der Waals surface area contributed by atoms with Gasteiger partial charge in [0.05, 0.1) is 4.90 Å². The predicted octanol–water partition coefficient (Wildman–Crippen LogP) is 2.69. The molecule has 1 atom stereocenters. The maximum absolute atomic E-state index is 13.2. The van der Waals surface area contributed by atoms with Crippen molar-refractivity contribution in [1.82, 2.24) is 4.31 Å². The summed E-state index contributed by atoms with van der Waals surface area (Å²) in [7, 11) is -2.55. The van der Waals surface area contributed by atoms with Gasteiger partial charge < -0.3 is 9.84 Å². The van der Waals surface area contributed by atoms with Gasteiger partial charge >= 0.3 is 0 Å². The number of ether oxygens (including phenoxy) is 1. The maximum Gasteiger partial charge on any atom is 0.246 e. The van der Waals surface area contributed by atoms with Crippen LogP contribution >= 0.6 is 0 Å². The molecule has 0 bridgehead atoms. The lowest BCUT2D eigenvalue weighted by atomic mass is 10.1. The van der Waals surface area contributed by atoms with E-state index in [1.165, 1.54) is 32.2 Å². The number of nitrogens with zero attached hydrogens (tertiary/aromatic N) is 1. The Balaban J connectivity index is 2.07. The average molecular weight is 341 g/mol. The van der Waals surface area contributed by atoms with Crippen LogP contribution in [0.5, 0.6) is 11.5 Å². The summed E-state index contributed by atoms with van der Waals surface area (Å²) < 4.78 is 57.1. The van der Waals surface area contributed by atoms with Gasteiger partial charge in [-0.25, -0.2) is 17.2 Å². The van der Waals surface area contributed by atoms with Gasteiger partial charge in [0, 0.05) is 24.2 Å². The largest absolute Gasteiger partial charge is 0.457 e. The molecule has 0 saturated carbocycles. The summed E-state index contributed by atoms with van der Waals surface area (Å²) in [6.45, 7) is 1.53. The van der Waals surface area contributed by atoms with Crippen molar-refractivity contribution in [3.8, 4) is 11.5 Å². The summed E-state index contributed by atoms with van der Waals surface area (Å²) in [4.78, 5) is -0.0346. The normalized spacial score (nSPS) is 19.6. The molecule has 0 spiro atoms. The van der Waals surface area contributed by atoms with E-state index in [0.717, 1.165) is 16.4 Å². The molecular weight excluding hydrogens is 328 g/mol. The quantitative estimate of drug-likeness (QED) is 0.912. The van der Waals surface area contributed by atoms with Crippen molar-refractivity contribution in [3.63, 3.8) is 0 Å². The number of benzene rings is 2. The minimum atomic E-state index is -3.82. The van der Waals surface area contributed by atoms with Crippen molar-refractivity contribution in [2.24, 2.45) is 0 Å². The van der Waals surface area contributed by atoms with Gasteiger partial charge in [0.15, 0.2) is 11.6 Å². The van der Waals surface area contributed by atoms with Crippen LogP contribution in [0.25, 0.3) is 0 Å². The zero-order chi connectivity index (χ0) is 16.9. The van der Waals surface area contributed by atoms with Crippen LogP contribution in [0.3, 0.4) is 0 Å². The highest BCUT2D eigenvalue weighted by Crippen LogP contribution is 2.42. The number of aliphatic hydroxyl groups excluding tert-OH is 1. The molecule has 5 nitrogen and oxygen atoms in total. The van der Waals surface area contributed by atoms with Gasteiger partial charge in [0.2, 0.25) is 10.0 Å². The van der Waals surface area contributed by atoms with Crippen LogP contribution in [0.1, 0.15) is 17.4 Å². The van der Waals surface area contributed by atoms with Gasteiger partial charge in [-0.15, -0.1) is 0 Å². The van der Waals surface area contributed by atoms with Gasteiger partial charge in [-0.1, -0.05) is 0 Å². The van der Waals surface area contributed by atoms with E-state index < -0.39 is 27.9 Å². The van der Waals surface area contributed by atoms with E-state index in [9.17, 15) is 22.3 Å². The second-order valence-corrected chi connectivity index (χ2v) is 7.11. The van der Waals surface area contributed by atoms with Gasteiger partial charge in [0.25, 0.3) is 0 Å². The number of hydrogen-bond donors (Lipinski definition) is 1. The van der Waals surface area contributed by atoms with Crippen LogP contribution < -0.4 is 4.74 Å². The van der Waals surface area contributed by atoms with Crippen molar-refractivity contribution in [2.45, 2.75) is 18.0 Å². The lowest BCUT2D eigenvalue weighted by molar-refractivity contribution is 0.0851. The highest BCUT2D eigenvalue weighted by molar-refractivity contribution is 7.89. The first-order valence-electron chi connectivity index (χ1n) is 6.66. The first-order chi connectivity index (χ1) is 10.7. The van der Waals surface area contributed by atoms with Crippen molar-refractivity contribution < 1.29 is 27.0 Å². The molecule has 2 aromatic carbocycles. The molecule has 2 aromatic rings. The van der Waals surface area contributed by atoms with E-state index in [2.05, 4.69) is 0 Å². The molecule has 1 unspecified atom stereocenters. The smallest absolute Gasteiger partial charge is 0.246 e. The average Bonchev–Trinajstić information content (AvgIpc) is 2.67. The summed E-state index contributed by atoms with van der Waals surface area (Å²) in [6, 6.07) is 5.94. The number of hydrogen-bond acceptors (Lipinski definition) is 4. The first-order valence-corrected chi connectivity index (χ1v) is 8.10. The lowest BCUT2D eigenvalue weighted by Gasteiger charge is -2.12. The molecule has 122 valence electrons. The fourth-order valence-corrected chi connectivity index (χ4v) is 4.11. The highest BCUT2D eigenvalue weighted by Gasteiger charge is 2.41. The number of rotatable bonds is 2. The summed E-state index contributed by atoms with van der Waals surface area (Å²) in [5, 5.41) is 9.97. The van der Waals surface area contributed by atoms with Crippen molar-refractivity contribution in [2.75, 3.05) is 7.05 Å². The van der Waals surface area contributed by atoms with Gasteiger partial charge in [-0.3, -0.25) is 0 Å². The molecular formula is C15H13F2NO4S. The van der Waals surface area contributed by atoms with Crippen molar-refractivity contribution in [3.05, 3.63) is 53.1 Å². The summed E-state index contributed by atoms with van der Waals surface area (Å²) >= 11 is 0. The van der Waals surface area contributed by atoms with Gasteiger partial charge in [0.1, 0.15) is 17.7 Å². The highest BCUT2D eigenvalue weighted by atomic mass is 32.2. The van der Waals surface area contributed by atoms with E-state index in [-0.39, 0.29) is 27.5 Å². The SMILES string of the molecule is Cc1c(Oc2ccc(F)c(F)c2)ccc2c1S(=O)(=O)N(C)C2O. The Morgan fingerprint density at radius 1 is 1.17 bits per heavy atom. The number of aliphatic hydroxyl groups is 1. The molecule has 0 fully saturated rings. The van der Waals surface area contributed by atoms with Crippen molar-refractivity contribution >= 4 is 10.0 Å². The van der Waals surface area contributed by atoms with Crippen LogP contribution in [0.2, 0.25) is 0 Å². The molecule has 3 rings (SSSR count). The third-order valence-corrected chi connectivity index (χ3v) is 5.78. The zero-order valence-corrected chi connectivity index (χ0v) is 13.1. The molecule has 1 aliphatic heterocycles. The van der Waals surface area contributed by atoms with Crippen LogP contribution in [-0.4, -0.2) is 24.9 Å². The number of sulfonamides is 1. The Bertz CT molecular complexity index is 899. The summed E-state index contributed by atoms with van der Waals surface area (Å²) in [5.41, 5.74) is 0.540. The molecule has 0 saturated heterocycles. The van der Waals surface area contributed by atoms with Crippen LogP contribution in [0, 0.1) is 18.6 Å². The topological polar surface area (TPSA) is 66.8 Å². The zero-order valence-electron chi connectivity index (χ0n) is 12.2. The lowest BCUT2D eigenvalue weighted by Crippen LogP contribution is -2.23. The number of halogens is 2. The predicted molar refractivity (Wildman–Crippen MR) is 77.5 cm³/mol. The van der Waals surface area contributed by atoms with E-state index in [4.69, 9.17) is 4.74 Å². The maximum atomic E-state index is 13.2. The van der Waals surface area contributed by atoms with Gasteiger partial charge in [-0.05, 0) is 31.2 Å². The fourth-order valence-electron chi connectivity index (χ4n) is 2.49. The van der Waals surface area contributed by atoms with Crippen molar-refractivity contribution in [1.29, 1.82) is 0 Å². The minimum absolute atomic E-state index is 0.0346. The molecule has 0 radical (unpaired) electrons. The Labute approximate surface area is 131 Å². The molecule has 0 aliphatic carbocycles. The molecule has 1 aliphatic rings. The molecule has 8 heteroatoms. The molecule has 0 aromatic heterocycles. The second-order valence-electron chi connectivity index (χ2n) is 5.18. The van der Waals surface area contributed by atoms with Crippen LogP contribution in [-0.2, 0) is 10.0 Å². The standard InChI is InChI=1S/C15H13F2NO4S/c1-8-13(22-9-3-5-11(16)12(17)7-9)6-4-10-14(8)23(20,21)18(2)15(10)19/h3-7,15,19H,1-2H3. The fraction of sp³-hybridized carbons (Fsp3) is 0.200. The Kier molecular flexibility index (Phi) is 3.62. The van der Waals surface area contributed by atoms with Crippen LogP contribution in [0.4, 0.5) is 8.78 Å². The third-order valence-electron chi connectivity index (χ3n) is 3.77. The molecule has 23 heavy (non-hydrogen) atoms. The Morgan fingerprint density at radius 2 is 1.87 bits per heavy atom. The monoisotopic (exact) mass is 341 g/mol. The van der Waals surface area contributed by atoms with E-state index in [0.29, 0.717) is 0 Å². The Morgan fingerprint density at radius 3 is 2.52 bits per heavy atom. The van der Waals surface area contributed by atoms with Gasteiger partial charge in [-0.2, -0.15) is 4.31 Å². The van der Waals surface area contributed by atoms with E-state index in [1.54, 1.807) is 0 Å².